The normalized spacial score (nSPS) is 18.1. The van der Waals surface area contributed by atoms with Gasteiger partial charge in [-0.15, -0.1) is 10.2 Å². The van der Waals surface area contributed by atoms with Crippen molar-refractivity contribution in [2.75, 3.05) is 0 Å². The number of hydrogen-bond donors (Lipinski definition) is 0. The maximum atomic E-state index is 13.2. The summed E-state index contributed by atoms with van der Waals surface area (Å²) in [5.41, 5.74) is 0. The van der Waals surface area contributed by atoms with E-state index >= 15 is 0 Å². The Kier molecular flexibility index (Phi) is 3.20. The van der Waals surface area contributed by atoms with Crippen LogP contribution in [0.3, 0.4) is 0 Å². The fourth-order valence-corrected chi connectivity index (χ4v) is 2.97. The van der Waals surface area contributed by atoms with E-state index in [9.17, 15) is 12.3 Å². The molecule has 1 heterocycles. The smallest absolute Gasteiger partial charge is 0.296 e. The van der Waals surface area contributed by atoms with Gasteiger partial charge in [-0.2, -0.15) is 8.42 Å². The molecule has 0 radical (unpaired) electrons. The van der Waals surface area contributed by atoms with Crippen LogP contribution in [0.15, 0.2) is 5.16 Å². The monoisotopic (exact) mass is 261 g/mol. The van der Waals surface area contributed by atoms with Crippen molar-refractivity contribution in [1.29, 1.82) is 0 Å². The molecule has 96 valence electrons. The predicted octanol–water partition coefficient (Wildman–Crippen LogP) is 2.17. The van der Waals surface area contributed by atoms with Crippen LogP contribution >= 0.6 is 0 Å². The van der Waals surface area contributed by atoms with Gasteiger partial charge >= 0.3 is 10.2 Å². The minimum atomic E-state index is -4.79. The highest BCUT2D eigenvalue weighted by Gasteiger charge is 2.31. The van der Waals surface area contributed by atoms with Gasteiger partial charge in [0, 0.05) is 12.0 Å². The maximum absolute atomic E-state index is 13.2. The van der Waals surface area contributed by atoms with Crippen LogP contribution in [0.1, 0.15) is 57.3 Å². The van der Waals surface area contributed by atoms with E-state index in [0.717, 1.165) is 25.7 Å². The largest absolute Gasteiger partial charge is 0.368 e. The van der Waals surface area contributed by atoms with Crippen LogP contribution in [0.25, 0.3) is 0 Å². The van der Waals surface area contributed by atoms with Crippen LogP contribution < -0.4 is 0 Å². The van der Waals surface area contributed by atoms with E-state index in [1.54, 1.807) is 0 Å². The number of rotatable bonds is 3. The van der Waals surface area contributed by atoms with E-state index in [-0.39, 0.29) is 12.0 Å². The van der Waals surface area contributed by atoms with E-state index < -0.39 is 15.4 Å². The van der Waals surface area contributed by atoms with Gasteiger partial charge in [-0.05, 0) is 12.8 Å². The van der Waals surface area contributed by atoms with Crippen LogP contribution in [-0.2, 0) is 10.2 Å². The zero-order valence-corrected chi connectivity index (χ0v) is 10.7. The third kappa shape index (κ3) is 2.34. The van der Waals surface area contributed by atoms with Crippen molar-refractivity contribution in [2.45, 2.75) is 56.6 Å². The number of halogens is 1. The van der Waals surface area contributed by atoms with Gasteiger partial charge < -0.3 is 0 Å². The van der Waals surface area contributed by atoms with Crippen LogP contribution in [0.5, 0.6) is 0 Å². The molecule has 0 spiro atoms. The summed E-state index contributed by atoms with van der Waals surface area (Å²) in [5.74, 6) is 0.576. The van der Waals surface area contributed by atoms with E-state index in [0.29, 0.717) is 5.82 Å². The Bertz CT molecular complexity index is 504. The molecule has 1 aromatic rings. The van der Waals surface area contributed by atoms with Crippen LogP contribution in [0.4, 0.5) is 3.89 Å². The molecule has 0 amide bonds. The molecule has 1 aliphatic rings. The molecule has 17 heavy (non-hydrogen) atoms. The third-order valence-corrected chi connectivity index (χ3v) is 3.83. The van der Waals surface area contributed by atoms with Gasteiger partial charge in [0.2, 0.25) is 0 Å². The second-order valence-corrected chi connectivity index (χ2v) is 5.98. The molecule has 0 aromatic carbocycles. The Morgan fingerprint density at radius 3 is 2.35 bits per heavy atom. The quantitative estimate of drug-likeness (QED) is 0.782. The predicted molar refractivity (Wildman–Crippen MR) is 59.9 cm³/mol. The summed E-state index contributed by atoms with van der Waals surface area (Å²) in [7, 11) is -4.79. The van der Waals surface area contributed by atoms with Crippen molar-refractivity contribution < 1.29 is 12.3 Å². The molecule has 0 aliphatic heterocycles. The zero-order chi connectivity index (χ0) is 12.6. The molecule has 7 heteroatoms. The van der Waals surface area contributed by atoms with Crippen LogP contribution in [-0.4, -0.2) is 23.2 Å². The molecule has 0 N–H and O–H groups in total. The molecule has 1 aromatic heterocycles. The first-order chi connectivity index (χ1) is 7.91. The van der Waals surface area contributed by atoms with E-state index in [4.69, 9.17) is 0 Å². The Labute approximate surface area is 100 Å². The zero-order valence-electron chi connectivity index (χ0n) is 9.93. The summed E-state index contributed by atoms with van der Waals surface area (Å²) in [6, 6.07) is 0.0166. The van der Waals surface area contributed by atoms with Crippen molar-refractivity contribution in [2.24, 2.45) is 0 Å². The number of hydrogen-bond acceptors (Lipinski definition) is 4. The Morgan fingerprint density at radius 2 is 1.88 bits per heavy atom. The average molecular weight is 261 g/mol. The third-order valence-electron chi connectivity index (χ3n) is 3.12. The van der Waals surface area contributed by atoms with Crippen molar-refractivity contribution in [3.63, 3.8) is 0 Å². The SMILES string of the molecule is CC(C)c1nnc(S(=O)(=O)F)n1C1CCCC1. The molecule has 0 bridgehead atoms. The summed E-state index contributed by atoms with van der Waals surface area (Å²) in [6.45, 7) is 3.79. The fourth-order valence-electron chi connectivity index (χ4n) is 2.35. The molecule has 0 atom stereocenters. The molecule has 0 unspecified atom stereocenters. The highest BCUT2D eigenvalue weighted by atomic mass is 32.3. The molecule has 5 nitrogen and oxygen atoms in total. The first-order valence-electron chi connectivity index (χ1n) is 5.80. The fraction of sp³-hybridized carbons (Fsp3) is 0.800. The number of nitrogens with zero attached hydrogens (tertiary/aromatic N) is 3. The van der Waals surface area contributed by atoms with Gasteiger partial charge in [0.25, 0.3) is 5.16 Å². The molecule has 1 aliphatic carbocycles. The van der Waals surface area contributed by atoms with Crippen molar-refractivity contribution in [1.82, 2.24) is 14.8 Å². The maximum Gasteiger partial charge on any atom is 0.368 e. The molecule has 1 fully saturated rings. The van der Waals surface area contributed by atoms with Gasteiger partial charge in [0.1, 0.15) is 5.82 Å². The van der Waals surface area contributed by atoms with Crippen LogP contribution in [0.2, 0.25) is 0 Å². The molecule has 0 saturated heterocycles. The van der Waals surface area contributed by atoms with Crippen molar-refractivity contribution in [3.8, 4) is 0 Å². The lowest BCUT2D eigenvalue weighted by atomic mass is 10.2. The van der Waals surface area contributed by atoms with E-state index in [1.807, 2.05) is 13.8 Å². The van der Waals surface area contributed by atoms with Gasteiger partial charge in [-0.25, -0.2) is 0 Å². The van der Waals surface area contributed by atoms with E-state index in [1.165, 1.54) is 4.57 Å². The molecular weight excluding hydrogens is 245 g/mol. The minimum Gasteiger partial charge on any atom is -0.296 e. The van der Waals surface area contributed by atoms with Gasteiger partial charge in [0.05, 0.1) is 0 Å². The van der Waals surface area contributed by atoms with Gasteiger partial charge in [-0.1, -0.05) is 30.6 Å². The van der Waals surface area contributed by atoms with Crippen molar-refractivity contribution in [3.05, 3.63) is 5.82 Å². The molecule has 1 saturated carbocycles. The minimum absolute atomic E-state index is 0.0166. The first-order valence-corrected chi connectivity index (χ1v) is 7.19. The standard InChI is InChI=1S/C10H16FN3O2S/c1-7(2)9-12-13-10(17(11,15)16)14(9)8-5-3-4-6-8/h7-8H,3-6H2,1-2H3. The highest BCUT2D eigenvalue weighted by Crippen LogP contribution is 2.34. The average Bonchev–Trinajstić information content (AvgIpc) is 2.84. The second kappa shape index (κ2) is 4.36. The first kappa shape index (κ1) is 12.5. The molecular formula is C10H16FN3O2S. The van der Waals surface area contributed by atoms with Gasteiger partial charge in [0.15, 0.2) is 0 Å². The Balaban J connectivity index is 2.54. The van der Waals surface area contributed by atoms with Gasteiger partial charge in [-0.3, -0.25) is 4.57 Å². The van der Waals surface area contributed by atoms with Crippen LogP contribution in [0, 0.1) is 0 Å². The second-order valence-electron chi connectivity index (χ2n) is 4.74. The lowest BCUT2D eigenvalue weighted by Gasteiger charge is -2.16. The topological polar surface area (TPSA) is 64.8 Å². The Hall–Kier alpha value is -0.980. The summed E-state index contributed by atoms with van der Waals surface area (Å²) in [6.07, 6.45) is 3.79. The number of aromatic nitrogens is 3. The lowest BCUT2D eigenvalue weighted by Crippen LogP contribution is -2.15. The lowest BCUT2D eigenvalue weighted by molar-refractivity contribution is 0.437. The summed E-state index contributed by atoms with van der Waals surface area (Å²) in [5, 5.41) is 6.79. The summed E-state index contributed by atoms with van der Waals surface area (Å²) >= 11 is 0. The summed E-state index contributed by atoms with van der Waals surface area (Å²) < 4.78 is 36.8. The Morgan fingerprint density at radius 1 is 1.29 bits per heavy atom. The van der Waals surface area contributed by atoms with E-state index in [2.05, 4.69) is 10.2 Å². The highest BCUT2D eigenvalue weighted by molar-refractivity contribution is 7.86. The van der Waals surface area contributed by atoms with Crippen molar-refractivity contribution >= 4 is 10.2 Å². The molecule has 2 rings (SSSR count). The summed E-state index contributed by atoms with van der Waals surface area (Å²) in [4.78, 5) is 0.